The number of hydrogen-bond donors (Lipinski definition) is 4. The zero-order valence-electron chi connectivity index (χ0n) is 20.3. The molecule has 0 fully saturated rings. The Hall–Kier alpha value is -2.36. The molecule has 0 radical (unpaired) electrons. The van der Waals surface area contributed by atoms with Crippen LogP contribution in [0.5, 0.6) is 0 Å². The second-order valence-electron chi connectivity index (χ2n) is 8.66. The van der Waals surface area contributed by atoms with E-state index in [1.807, 2.05) is 0 Å². The Morgan fingerprint density at radius 2 is 0.700 bits per heavy atom. The van der Waals surface area contributed by atoms with Crippen LogP contribution in [0.2, 0.25) is 0 Å². The standard InChI is InChI=1S/C14H24N2.C12H20N2/c1-5-11(3)15-13-7-9-14(10-8-13)16-12(4)6-2;1-9(2)13-11-5-7-12(8-6-11)14-10(3)4/h7-12,15-16H,5-6H2,1-4H3;5-10,13-14H,1-4H3. The molecular weight excluding hydrogens is 368 g/mol. The van der Waals surface area contributed by atoms with Crippen molar-refractivity contribution in [1.82, 2.24) is 0 Å². The van der Waals surface area contributed by atoms with Gasteiger partial charge in [0.25, 0.3) is 0 Å². The summed E-state index contributed by atoms with van der Waals surface area (Å²) in [4.78, 5) is 0. The molecule has 2 aromatic carbocycles. The molecule has 2 aromatic rings. The molecule has 0 aromatic heterocycles. The molecule has 0 amide bonds. The molecule has 0 bridgehead atoms. The fraction of sp³-hybridized carbons (Fsp3) is 0.538. The van der Waals surface area contributed by atoms with Gasteiger partial charge in [-0.15, -0.1) is 0 Å². The molecule has 0 aliphatic heterocycles. The van der Waals surface area contributed by atoms with E-state index in [0.717, 1.165) is 12.8 Å². The maximum absolute atomic E-state index is 3.46. The van der Waals surface area contributed by atoms with Crippen LogP contribution in [0.1, 0.15) is 68.2 Å². The summed E-state index contributed by atoms with van der Waals surface area (Å²) in [6, 6.07) is 19.0. The van der Waals surface area contributed by atoms with Gasteiger partial charge < -0.3 is 21.3 Å². The highest BCUT2D eigenvalue weighted by atomic mass is 14.9. The molecule has 0 spiro atoms. The van der Waals surface area contributed by atoms with Crippen LogP contribution < -0.4 is 21.3 Å². The molecule has 0 heterocycles. The van der Waals surface area contributed by atoms with Crippen molar-refractivity contribution in [2.45, 2.75) is 92.4 Å². The lowest BCUT2D eigenvalue weighted by Gasteiger charge is -2.15. The van der Waals surface area contributed by atoms with Crippen LogP contribution in [0.15, 0.2) is 48.5 Å². The minimum Gasteiger partial charge on any atom is -0.383 e. The summed E-state index contributed by atoms with van der Waals surface area (Å²) in [6.45, 7) is 17.3. The molecule has 0 aliphatic carbocycles. The Morgan fingerprint density at radius 3 is 0.900 bits per heavy atom. The van der Waals surface area contributed by atoms with E-state index in [1.54, 1.807) is 0 Å². The summed E-state index contributed by atoms with van der Waals surface area (Å²) in [5, 5.41) is 13.6. The Kier molecular flexibility index (Phi) is 11.8. The molecule has 2 atom stereocenters. The normalized spacial score (nSPS) is 12.6. The first kappa shape index (κ1) is 25.7. The molecule has 4 heteroatoms. The molecule has 0 saturated heterocycles. The van der Waals surface area contributed by atoms with Crippen molar-refractivity contribution < 1.29 is 0 Å². The Labute approximate surface area is 185 Å². The lowest BCUT2D eigenvalue weighted by Crippen LogP contribution is -2.14. The SMILES string of the molecule is CC(C)Nc1ccc(NC(C)C)cc1.CCC(C)Nc1ccc(NC(C)CC)cc1. The van der Waals surface area contributed by atoms with E-state index in [9.17, 15) is 0 Å². The lowest BCUT2D eigenvalue weighted by atomic mass is 10.2. The average molecular weight is 413 g/mol. The van der Waals surface area contributed by atoms with Crippen molar-refractivity contribution in [1.29, 1.82) is 0 Å². The van der Waals surface area contributed by atoms with Crippen LogP contribution in [0.4, 0.5) is 22.7 Å². The van der Waals surface area contributed by atoms with E-state index in [2.05, 4.69) is 125 Å². The van der Waals surface area contributed by atoms with E-state index in [4.69, 9.17) is 0 Å². The zero-order valence-corrected chi connectivity index (χ0v) is 20.3. The van der Waals surface area contributed by atoms with Gasteiger partial charge in [-0.1, -0.05) is 13.8 Å². The van der Waals surface area contributed by atoms with Crippen LogP contribution in [-0.4, -0.2) is 24.2 Å². The largest absolute Gasteiger partial charge is 0.383 e. The van der Waals surface area contributed by atoms with Crippen molar-refractivity contribution in [2.75, 3.05) is 21.3 Å². The fourth-order valence-electron chi connectivity index (χ4n) is 2.77. The summed E-state index contributed by atoms with van der Waals surface area (Å²) in [7, 11) is 0. The van der Waals surface area contributed by atoms with E-state index >= 15 is 0 Å². The van der Waals surface area contributed by atoms with E-state index in [1.165, 1.54) is 22.7 Å². The molecule has 4 N–H and O–H groups in total. The molecule has 30 heavy (non-hydrogen) atoms. The van der Waals surface area contributed by atoms with Gasteiger partial charge >= 0.3 is 0 Å². The highest BCUT2D eigenvalue weighted by Gasteiger charge is 2.01. The van der Waals surface area contributed by atoms with E-state index < -0.39 is 0 Å². The number of benzene rings is 2. The fourth-order valence-corrected chi connectivity index (χ4v) is 2.77. The van der Waals surface area contributed by atoms with Crippen molar-refractivity contribution >= 4 is 22.7 Å². The molecule has 2 unspecified atom stereocenters. The van der Waals surface area contributed by atoms with Gasteiger partial charge in [0.1, 0.15) is 0 Å². The van der Waals surface area contributed by atoms with Gasteiger partial charge in [-0.05, 0) is 103 Å². The third kappa shape index (κ3) is 11.0. The molecule has 2 rings (SSSR count). The Balaban J connectivity index is 0.000000303. The van der Waals surface area contributed by atoms with Crippen LogP contribution in [-0.2, 0) is 0 Å². The molecule has 4 nitrogen and oxygen atoms in total. The number of anilines is 4. The predicted octanol–water partition coefficient (Wildman–Crippen LogP) is 7.43. The van der Waals surface area contributed by atoms with Crippen LogP contribution in [0.3, 0.4) is 0 Å². The van der Waals surface area contributed by atoms with Gasteiger partial charge in [0.15, 0.2) is 0 Å². The second-order valence-corrected chi connectivity index (χ2v) is 8.66. The van der Waals surface area contributed by atoms with E-state index in [0.29, 0.717) is 24.2 Å². The monoisotopic (exact) mass is 412 g/mol. The maximum Gasteiger partial charge on any atom is 0.0343 e. The molecule has 0 saturated carbocycles. The van der Waals surface area contributed by atoms with Gasteiger partial charge in [0, 0.05) is 46.9 Å². The highest BCUT2D eigenvalue weighted by molar-refractivity contribution is 5.55. The Morgan fingerprint density at radius 1 is 0.467 bits per heavy atom. The average Bonchev–Trinajstić information content (AvgIpc) is 2.70. The van der Waals surface area contributed by atoms with Gasteiger partial charge in [0.05, 0.1) is 0 Å². The topological polar surface area (TPSA) is 48.1 Å². The summed E-state index contributed by atoms with van der Waals surface area (Å²) >= 11 is 0. The number of rotatable bonds is 10. The van der Waals surface area contributed by atoms with Crippen LogP contribution in [0, 0.1) is 0 Å². The van der Waals surface area contributed by atoms with Gasteiger partial charge in [-0.2, -0.15) is 0 Å². The summed E-state index contributed by atoms with van der Waals surface area (Å²) < 4.78 is 0. The summed E-state index contributed by atoms with van der Waals surface area (Å²) in [5.41, 5.74) is 4.75. The van der Waals surface area contributed by atoms with Gasteiger partial charge in [-0.3, -0.25) is 0 Å². The maximum atomic E-state index is 3.46. The third-order valence-electron chi connectivity index (χ3n) is 4.73. The molecular formula is C26H44N4. The van der Waals surface area contributed by atoms with Crippen molar-refractivity contribution in [2.24, 2.45) is 0 Å². The van der Waals surface area contributed by atoms with Crippen LogP contribution in [0.25, 0.3) is 0 Å². The minimum atomic E-state index is 0.485. The van der Waals surface area contributed by atoms with Crippen molar-refractivity contribution in [3.63, 3.8) is 0 Å². The van der Waals surface area contributed by atoms with Crippen molar-refractivity contribution in [3.05, 3.63) is 48.5 Å². The number of hydrogen-bond acceptors (Lipinski definition) is 4. The Bertz CT molecular complexity index is 617. The highest BCUT2D eigenvalue weighted by Crippen LogP contribution is 2.16. The first-order chi connectivity index (χ1) is 14.2. The van der Waals surface area contributed by atoms with Gasteiger partial charge in [0.2, 0.25) is 0 Å². The summed E-state index contributed by atoms with van der Waals surface area (Å²) in [5.74, 6) is 0. The first-order valence-corrected chi connectivity index (χ1v) is 11.5. The minimum absolute atomic E-state index is 0.485. The van der Waals surface area contributed by atoms with E-state index in [-0.39, 0.29) is 0 Å². The third-order valence-corrected chi connectivity index (χ3v) is 4.73. The van der Waals surface area contributed by atoms with Crippen LogP contribution >= 0.6 is 0 Å². The second kappa shape index (κ2) is 13.8. The first-order valence-electron chi connectivity index (χ1n) is 11.5. The summed E-state index contributed by atoms with van der Waals surface area (Å²) in [6.07, 6.45) is 2.29. The predicted molar refractivity (Wildman–Crippen MR) is 137 cm³/mol. The smallest absolute Gasteiger partial charge is 0.0343 e. The van der Waals surface area contributed by atoms with Crippen molar-refractivity contribution in [3.8, 4) is 0 Å². The zero-order chi connectivity index (χ0) is 22.5. The number of nitrogens with one attached hydrogen (secondary N) is 4. The van der Waals surface area contributed by atoms with Gasteiger partial charge in [-0.25, -0.2) is 0 Å². The lowest BCUT2D eigenvalue weighted by molar-refractivity contribution is 0.761. The molecule has 0 aliphatic rings. The molecule has 168 valence electrons. The quantitative estimate of drug-likeness (QED) is 0.327.